The van der Waals surface area contributed by atoms with E-state index in [1.807, 2.05) is 0 Å². The van der Waals surface area contributed by atoms with Gasteiger partial charge in [0.05, 0.1) is 18.9 Å². The zero-order valence-electron chi connectivity index (χ0n) is 16.3. The van der Waals surface area contributed by atoms with E-state index in [-0.39, 0.29) is 13.0 Å². The van der Waals surface area contributed by atoms with Gasteiger partial charge in [-0.1, -0.05) is 6.42 Å². The van der Waals surface area contributed by atoms with E-state index < -0.39 is 41.8 Å². The molecule has 1 rings (SSSR count). The number of aliphatic carboxylic acids is 1. The molecular formula is C17H29N7O5. The van der Waals surface area contributed by atoms with E-state index in [2.05, 4.69) is 25.9 Å². The van der Waals surface area contributed by atoms with Crippen LogP contribution in [0.3, 0.4) is 0 Å². The summed E-state index contributed by atoms with van der Waals surface area (Å²) in [5.74, 6) is -2.98. The van der Waals surface area contributed by atoms with Crippen molar-refractivity contribution >= 4 is 23.7 Å². The molecule has 0 radical (unpaired) electrons. The molecule has 162 valence electrons. The Morgan fingerprint density at radius 1 is 1.21 bits per heavy atom. The van der Waals surface area contributed by atoms with Crippen molar-refractivity contribution in [2.24, 2.45) is 11.5 Å². The van der Waals surface area contributed by atoms with Crippen LogP contribution in [-0.4, -0.2) is 70.0 Å². The highest BCUT2D eigenvalue weighted by Crippen LogP contribution is 2.01. The highest BCUT2D eigenvalue weighted by Gasteiger charge is 2.25. The van der Waals surface area contributed by atoms with E-state index >= 15 is 0 Å². The number of carboxylic acid groups (broad SMARTS) is 1. The van der Waals surface area contributed by atoms with E-state index in [9.17, 15) is 19.2 Å². The Labute approximate surface area is 168 Å². The van der Waals surface area contributed by atoms with Gasteiger partial charge >= 0.3 is 5.97 Å². The van der Waals surface area contributed by atoms with E-state index in [1.165, 1.54) is 19.4 Å². The van der Waals surface area contributed by atoms with Crippen molar-refractivity contribution < 1.29 is 24.3 Å². The van der Waals surface area contributed by atoms with E-state index in [1.54, 1.807) is 0 Å². The predicted molar refractivity (Wildman–Crippen MR) is 103 cm³/mol. The minimum atomic E-state index is -1.21. The standard InChI is InChI=1S/C17H29N7O5/c1-10(17(28)29)23-16(27)13(6-11-7-20-9-22-11)24-14(25)8-21-15(26)12(19)4-2-3-5-18/h7,9-10,12-13H,2-6,8,18-19H2,1H3,(H,20,22)(H,21,26)(H,23,27)(H,24,25)(H,28,29). The lowest BCUT2D eigenvalue weighted by Crippen LogP contribution is -2.54. The third-order valence-electron chi connectivity index (χ3n) is 4.09. The second-order valence-corrected chi connectivity index (χ2v) is 6.58. The fraction of sp³-hybridized carbons (Fsp3) is 0.588. The Bertz CT molecular complexity index is 680. The van der Waals surface area contributed by atoms with Crippen molar-refractivity contribution in [3.05, 3.63) is 18.2 Å². The average Bonchev–Trinajstić information content (AvgIpc) is 3.18. The Balaban J connectivity index is 2.60. The first-order chi connectivity index (χ1) is 13.7. The van der Waals surface area contributed by atoms with Gasteiger partial charge < -0.3 is 37.5 Å². The Morgan fingerprint density at radius 3 is 2.52 bits per heavy atom. The number of H-pyrrole nitrogens is 1. The molecule has 0 aromatic carbocycles. The summed E-state index contributed by atoms with van der Waals surface area (Å²) in [6.07, 6.45) is 4.86. The van der Waals surface area contributed by atoms with Crippen LogP contribution in [0.1, 0.15) is 31.9 Å². The lowest BCUT2D eigenvalue weighted by Gasteiger charge is -2.20. The van der Waals surface area contributed by atoms with Gasteiger partial charge in [-0.2, -0.15) is 0 Å². The van der Waals surface area contributed by atoms with Crippen LogP contribution in [0.15, 0.2) is 12.5 Å². The Hall–Kier alpha value is -2.99. The highest BCUT2D eigenvalue weighted by atomic mass is 16.4. The van der Waals surface area contributed by atoms with Crippen molar-refractivity contribution in [1.82, 2.24) is 25.9 Å². The molecule has 1 aromatic heterocycles. The number of hydrogen-bond acceptors (Lipinski definition) is 7. The number of rotatable bonds is 13. The summed E-state index contributed by atoms with van der Waals surface area (Å²) in [4.78, 5) is 54.1. The average molecular weight is 411 g/mol. The quantitative estimate of drug-likeness (QED) is 0.174. The molecule has 12 heteroatoms. The summed E-state index contributed by atoms with van der Waals surface area (Å²) in [6.45, 7) is 1.45. The van der Waals surface area contributed by atoms with Crippen LogP contribution in [0.5, 0.6) is 0 Å². The summed E-state index contributed by atoms with van der Waals surface area (Å²) in [6, 6.07) is -2.94. The van der Waals surface area contributed by atoms with Gasteiger partial charge in [-0.05, 0) is 26.3 Å². The molecular weight excluding hydrogens is 382 g/mol. The van der Waals surface area contributed by atoms with E-state index in [4.69, 9.17) is 16.6 Å². The van der Waals surface area contributed by atoms with Crippen LogP contribution >= 0.6 is 0 Å². The number of nitrogens with zero attached hydrogens (tertiary/aromatic N) is 1. The number of aromatic nitrogens is 2. The first-order valence-corrected chi connectivity index (χ1v) is 9.27. The second kappa shape index (κ2) is 12.5. The first kappa shape index (κ1) is 24.0. The number of unbranched alkanes of at least 4 members (excludes halogenated alkanes) is 1. The molecule has 0 spiro atoms. The molecule has 0 aliphatic heterocycles. The monoisotopic (exact) mass is 411 g/mol. The van der Waals surface area contributed by atoms with Gasteiger partial charge in [0.15, 0.2) is 0 Å². The van der Waals surface area contributed by atoms with Crippen molar-refractivity contribution in [2.75, 3.05) is 13.1 Å². The lowest BCUT2D eigenvalue weighted by molar-refractivity contribution is -0.141. The number of carbonyl (C=O) groups is 4. The van der Waals surface area contributed by atoms with Gasteiger partial charge in [0, 0.05) is 18.3 Å². The number of nitrogens with two attached hydrogens (primary N) is 2. The molecule has 29 heavy (non-hydrogen) atoms. The molecule has 0 saturated carbocycles. The van der Waals surface area contributed by atoms with Crippen LogP contribution < -0.4 is 27.4 Å². The number of aromatic amines is 1. The van der Waals surface area contributed by atoms with Crippen LogP contribution in [0.25, 0.3) is 0 Å². The highest BCUT2D eigenvalue weighted by molar-refractivity contribution is 5.92. The number of carbonyl (C=O) groups excluding carboxylic acids is 3. The van der Waals surface area contributed by atoms with Crippen molar-refractivity contribution in [2.45, 2.75) is 50.7 Å². The molecule has 3 amide bonds. The molecule has 9 N–H and O–H groups in total. The summed E-state index contributed by atoms with van der Waals surface area (Å²) in [5.41, 5.74) is 11.7. The molecule has 0 aliphatic carbocycles. The Kier molecular flexibility index (Phi) is 10.3. The molecule has 3 atom stereocenters. The van der Waals surface area contributed by atoms with Crippen LogP contribution in [0.4, 0.5) is 0 Å². The normalized spacial score (nSPS) is 13.8. The van der Waals surface area contributed by atoms with Crippen molar-refractivity contribution in [3.63, 3.8) is 0 Å². The van der Waals surface area contributed by atoms with Gasteiger partial charge in [0.25, 0.3) is 0 Å². The van der Waals surface area contributed by atoms with Gasteiger partial charge in [-0.15, -0.1) is 0 Å². The van der Waals surface area contributed by atoms with Crippen molar-refractivity contribution in [3.8, 4) is 0 Å². The van der Waals surface area contributed by atoms with Gasteiger partial charge in [0.2, 0.25) is 17.7 Å². The molecule has 3 unspecified atom stereocenters. The summed E-state index contributed by atoms with van der Waals surface area (Å²) in [7, 11) is 0. The molecule has 1 heterocycles. The zero-order valence-corrected chi connectivity index (χ0v) is 16.3. The first-order valence-electron chi connectivity index (χ1n) is 9.27. The fourth-order valence-electron chi connectivity index (χ4n) is 2.38. The van der Waals surface area contributed by atoms with Crippen LogP contribution in [-0.2, 0) is 25.6 Å². The van der Waals surface area contributed by atoms with Gasteiger partial charge in [0.1, 0.15) is 12.1 Å². The molecule has 0 bridgehead atoms. The summed E-state index contributed by atoms with van der Waals surface area (Å²) < 4.78 is 0. The second-order valence-electron chi connectivity index (χ2n) is 6.58. The molecule has 0 fully saturated rings. The smallest absolute Gasteiger partial charge is 0.325 e. The van der Waals surface area contributed by atoms with Gasteiger partial charge in [-0.3, -0.25) is 19.2 Å². The summed E-state index contributed by atoms with van der Waals surface area (Å²) in [5, 5.41) is 16.1. The maximum Gasteiger partial charge on any atom is 0.325 e. The van der Waals surface area contributed by atoms with E-state index in [0.717, 1.165) is 6.42 Å². The summed E-state index contributed by atoms with van der Waals surface area (Å²) >= 11 is 0. The number of amides is 3. The van der Waals surface area contributed by atoms with Crippen LogP contribution in [0, 0.1) is 0 Å². The molecule has 12 nitrogen and oxygen atoms in total. The maximum absolute atomic E-state index is 12.4. The third-order valence-corrected chi connectivity index (χ3v) is 4.09. The maximum atomic E-state index is 12.4. The number of nitrogens with one attached hydrogen (secondary N) is 4. The molecule has 0 saturated heterocycles. The number of imidazole rings is 1. The third kappa shape index (κ3) is 9.17. The predicted octanol–water partition coefficient (Wildman–Crippen LogP) is -2.40. The minimum Gasteiger partial charge on any atom is -0.480 e. The SMILES string of the molecule is CC(NC(=O)C(Cc1cnc[nH]1)NC(=O)CNC(=O)C(N)CCCCN)C(=O)O. The molecule has 1 aromatic rings. The number of carboxylic acids is 1. The lowest BCUT2D eigenvalue weighted by atomic mass is 10.1. The topological polar surface area (TPSA) is 205 Å². The van der Waals surface area contributed by atoms with Crippen molar-refractivity contribution in [1.29, 1.82) is 0 Å². The zero-order chi connectivity index (χ0) is 21.8. The number of hydrogen-bond donors (Lipinski definition) is 7. The fourth-order valence-corrected chi connectivity index (χ4v) is 2.38. The minimum absolute atomic E-state index is 0.0659. The molecule has 0 aliphatic rings. The van der Waals surface area contributed by atoms with Crippen LogP contribution in [0.2, 0.25) is 0 Å². The van der Waals surface area contributed by atoms with Gasteiger partial charge in [-0.25, -0.2) is 4.98 Å². The van der Waals surface area contributed by atoms with E-state index in [0.29, 0.717) is 25.1 Å². The largest absolute Gasteiger partial charge is 0.480 e. The Morgan fingerprint density at radius 2 is 1.93 bits per heavy atom.